The molecule has 0 spiro atoms. The Hall–Kier alpha value is -0.500. The highest BCUT2D eigenvalue weighted by Gasteiger charge is 2.08. The van der Waals surface area contributed by atoms with E-state index in [9.17, 15) is 0 Å². The van der Waals surface area contributed by atoms with E-state index in [2.05, 4.69) is 47.6 Å². The van der Waals surface area contributed by atoms with Crippen LogP contribution in [0.25, 0.3) is 0 Å². The molecule has 2 heteroatoms. The average molecular weight is 228 g/mol. The Kier molecular flexibility index (Phi) is 8.36. The van der Waals surface area contributed by atoms with Crippen LogP contribution in [0.1, 0.15) is 60.8 Å². The molecule has 0 radical (unpaired) electrons. The van der Waals surface area contributed by atoms with E-state index in [1.165, 1.54) is 0 Å². The summed E-state index contributed by atoms with van der Waals surface area (Å²) in [7, 11) is 0. The second kappa shape index (κ2) is 8.63. The molecule has 0 aliphatic rings. The Morgan fingerprint density at radius 1 is 1.06 bits per heavy atom. The number of rotatable bonds is 8. The molecule has 0 amide bonds. The molecule has 0 saturated heterocycles. The van der Waals surface area contributed by atoms with E-state index in [1.807, 2.05) is 0 Å². The van der Waals surface area contributed by atoms with Crippen LogP contribution < -0.4 is 0 Å². The molecular weight excluding hydrogens is 200 g/mol. The Morgan fingerprint density at radius 3 is 2.12 bits per heavy atom. The lowest BCUT2D eigenvalue weighted by atomic mass is 10.1. The van der Waals surface area contributed by atoms with Crippen molar-refractivity contribution in [3.63, 3.8) is 0 Å². The Morgan fingerprint density at radius 2 is 1.69 bits per heavy atom. The predicted molar refractivity (Wildman–Crippen MR) is 69.5 cm³/mol. The molecule has 0 aliphatic carbocycles. The minimum absolute atomic E-state index is 0.263. The number of allylic oxidation sites excluding steroid dienone is 2. The first-order valence-electron chi connectivity index (χ1n) is 6.46. The van der Waals surface area contributed by atoms with Gasteiger partial charge in [0.25, 0.3) is 0 Å². The molecular formula is C14H28O2. The van der Waals surface area contributed by atoms with Crippen molar-refractivity contribution in [3.05, 3.63) is 11.8 Å². The maximum Gasteiger partial charge on any atom is 0.0926 e. The first-order chi connectivity index (χ1) is 7.45. The monoisotopic (exact) mass is 228 g/mol. The fourth-order valence-electron chi connectivity index (χ4n) is 1.62. The van der Waals surface area contributed by atoms with Crippen LogP contribution in [-0.4, -0.2) is 18.3 Å². The zero-order chi connectivity index (χ0) is 12.6. The van der Waals surface area contributed by atoms with Crippen molar-refractivity contribution in [1.82, 2.24) is 0 Å². The maximum absolute atomic E-state index is 5.75. The minimum Gasteiger partial charge on any atom is -0.496 e. The summed E-state index contributed by atoms with van der Waals surface area (Å²) in [5, 5.41) is 0. The Labute approximate surface area is 101 Å². The highest BCUT2D eigenvalue weighted by Crippen LogP contribution is 2.14. The van der Waals surface area contributed by atoms with Gasteiger partial charge in [-0.15, -0.1) is 0 Å². The standard InChI is InChI=1S/C14H28O2/c1-7-8-14(16-12(4)5)10-9-13(6)15-11(2)3/h8,11-13H,7,9-10H2,1-6H3. The van der Waals surface area contributed by atoms with Crippen LogP contribution in [0.5, 0.6) is 0 Å². The zero-order valence-electron chi connectivity index (χ0n) is 11.7. The third-order valence-corrected chi connectivity index (χ3v) is 2.12. The summed E-state index contributed by atoms with van der Waals surface area (Å²) >= 11 is 0. The zero-order valence-corrected chi connectivity index (χ0v) is 11.7. The molecule has 0 bridgehead atoms. The fourth-order valence-corrected chi connectivity index (χ4v) is 1.62. The van der Waals surface area contributed by atoms with E-state index in [0.29, 0.717) is 12.2 Å². The van der Waals surface area contributed by atoms with Gasteiger partial charge in [-0.05, 0) is 53.5 Å². The van der Waals surface area contributed by atoms with Crippen molar-refractivity contribution < 1.29 is 9.47 Å². The van der Waals surface area contributed by atoms with Crippen molar-refractivity contribution in [2.75, 3.05) is 0 Å². The van der Waals surface area contributed by atoms with Gasteiger partial charge < -0.3 is 9.47 Å². The van der Waals surface area contributed by atoms with Gasteiger partial charge in [0.15, 0.2) is 0 Å². The Balaban J connectivity index is 3.97. The van der Waals surface area contributed by atoms with Gasteiger partial charge in [0.1, 0.15) is 0 Å². The van der Waals surface area contributed by atoms with Crippen molar-refractivity contribution in [2.45, 2.75) is 79.1 Å². The van der Waals surface area contributed by atoms with E-state index in [4.69, 9.17) is 9.47 Å². The van der Waals surface area contributed by atoms with Crippen molar-refractivity contribution in [3.8, 4) is 0 Å². The first kappa shape index (κ1) is 15.5. The third kappa shape index (κ3) is 8.78. The van der Waals surface area contributed by atoms with Gasteiger partial charge in [0.05, 0.1) is 24.1 Å². The maximum atomic E-state index is 5.75. The van der Waals surface area contributed by atoms with Crippen molar-refractivity contribution >= 4 is 0 Å². The average Bonchev–Trinajstić information content (AvgIpc) is 2.12. The molecule has 96 valence electrons. The number of hydrogen-bond acceptors (Lipinski definition) is 2. The fraction of sp³-hybridized carbons (Fsp3) is 0.857. The van der Waals surface area contributed by atoms with Crippen LogP contribution in [0.15, 0.2) is 11.8 Å². The molecule has 16 heavy (non-hydrogen) atoms. The molecule has 0 N–H and O–H groups in total. The van der Waals surface area contributed by atoms with Gasteiger partial charge >= 0.3 is 0 Å². The molecule has 0 aromatic rings. The molecule has 0 aromatic heterocycles. The summed E-state index contributed by atoms with van der Waals surface area (Å²) in [6.45, 7) is 12.5. The molecule has 0 saturated carbocycles. The second-order valence-corrected chi connectivity index (χ2v) is 4.78. The largest absolute Gasteiger partial charge is 0.496 e. The SMILES string of the molecule is CCC=C(CCC(C)OC(C)C)OC(C)C. The quantitative estimate of drug-likeness (QED) is 0.577. The van der Waals surface area contributed by atoms with Crippen LogP contribution in [-0.2, 0) is 9.47 Å². The van der Waals surface area contributed by atoms with E-state index < -0.39 is 0 Å². The van der Waals surface area contributed by atoms with E-state index in [-0.39, 0.29) is 6.10 Å². The van der Waals surface area contributed by atoms with Crippen LogP contribution in [0, 0.1) is 0 Å². The first-order valence-corrected chi connectivity index (χ1v) is 6.46. The number of ether oxygens (including phenoxy) is 2. The van der Waals surface area contributed by atoms with Gasteiger partial charge in [0, 0.05) is 6.42 Å². The van der Waals surface area contributed by atoms with Gasteiger partial charge in [0.2, 0.25) is 0 Å². The lowest BCUT2D eigenvalue weighted by molar-refractivity contribution is 0.0112. The summed E-state index contributed by atoms with van der Waals surface area (Å²) in [5.41, 5.74) is 0. The summed E-state index contributed by atoms with van der Waals surface area (Å²) in [4.78, 5) is 0. The van der Waals surface area contributed by atoms with Crippen LogP contribution >= 0.6 is 0 Å². The van der Waals surface area contributed by atoms with Gasteiger partial charge in [-0.1, -0.05) is 6.92 Å². The normalized spacial score (nSPS) is 14.6. The van der Waals surface area contributed by atoms with Gasteiger partial charge in [-0.2, -0.15) is 0 Å². The lowest BCUT2D eigenvalue weighted by Gasteiger charge is -2.18. The predicted octanol–water partition coefficient (Wildman–Crippen LogP) is 4.30. The highest BCUT2D eigenvalue weighted by molar-refractivity contribution is 4.93. The number of hydrogen-bond donors (Lipinski definition) is 0. The Bertz CT molecular complexity index is 195. The molecule has 0 aromatic carbocycles. The molecule has 0 aliphatic heterocycles. The topological polar surface area (TPSA) is 18.5 Å². The molecule has 2 nitrogen and oxygen atoms in total. The van der Waals surface area contributed by atoms with E-state index in [0.717, 1.165) is 25.0 Å². The molecule has 0 rings (SSSR count). The van der Waals surface area contributed by atoms with E-state index in [1.54, 1.807) is 0 Å². The molecule has 0 heterocycles. The minimum atomic E-state index is 0.263. The van der Waals surface area contributed by atoms with Crippen LogP contribution in [0.3, 0.4) is 0 Å². The van der Waals surface area contributed by atoms with E-state index >= 15 is 0 Å². The van der Waals surface area contributed by atoms with Crippen molar-refractivity contribution in [1.29, 1.82) is 0 Å². The highest BCUT2D eigenvalue weighted by atomic mass is 16.5. The third-order valence-electron chi connectivity index (χ3n) is 2.12. The van der Waals surface area contributed by atoms with Gasteiger partial charge in [-0.3, -0.25) is 0 Å². The van der Waals surface area contributed by atoms with Crippen LogP contribution in [0.2, 0.25) is 0 Å². The van der Waals surface area contributed by atoms with Crippen molar-refractivity contribution in [2.24, 2.45) is 0 Å². The van der Waals surface area contributed by atoms with Crippen LogP contribution in [0.4, 0.5) is 0 Å². The summed E-state index contributed by atoms with van der Waals surface area (Å²) < 4.78 is 11.5. The smallest absolute Gasteiger partial charge is 0.0926 e. The summed E-state index contributed by atoms with van der Waals surface area (Å²) in [6.07, 6.45) is 6.06. The second-order valence-electron chi connectivity index (χ2n) is 4.78. The molecule has 0 fully saturated rings. The molecule has 1 unspecified atom stereocenters. The molecule has 1 atom stereocenters. The van der Waals surface area contributed by atoms with Gasteiger partial charge in [-0.25, -0.2) is 0 Å². The summed E-state index contributed by atoms with van der Waals surface area (Å²) in [6, 6.07) is 0. The lowest BCUT2D eigenvalue weighted by Crippen LogP contribution is -2.15. The summed E-state index contributed by atoms with van der Waals surface area (Å²) in [5.74, 6) is 1.11.